The number of imide groups is 1. The van der Waals surface area contributed by atoms with E-state index in [1.807, 2.05) is 55.6 Å². The molecule has 1 N–H and O–H groups in total. The molecular formula is C22H26N2O4S. The van der Waals surface area contributed by atoms with Crippen LogP contribution in [0.15, 0.2) is 41.8 Å². The molecule has 0 bridgehead atoms. The molecular weight excluding hydrogens is 388 g/mol. The molecule has 7 heteroatoms. The van der Waals surface area contributed by atoms with Crippen LogP contribution in [0, 0.1) is 6.92 Å². The van der Waals surface area contributed by atoms with Crippen LogP contribution in [0.3, 0.4) is 0 Å². The number of likely N-dealkylation sites (tertiary alicyclic amines) is 1. The highest BCUT2D eigenvalue weighted by Crippen LogP contribution is 2.41. The van der Waals surface area contributed by atoms with Crippen molar-refractivity contribution in [3.8, 4) is 0 Å². The lowest BCUT2D eigenvalue weighted by Gasteiger charge is -2.29. The third-order valence-electron chi connectivity index (χ3n) is 5.40. The van der Waals surface area contributed by atoms with E-state index in [0.29, 0.717) is 0 Å². The van der Waals surface area contributed by atoms with Crippen molar-refractivity contribution in [3.63, 3.8) is 0 Å². The molecule has 154 valence electrons. The quantitative estimate of drug-likeness (QED) is 0.674. The summed E-state index contributed by atoms with van der Waals surface area (Å²) in [5.41, 5.74) is 0.439. The van der Waals surface area contributed by atoms with Crippen LogP contribution in [0.25, 0.3) is 0 Å². The molecule has 1 aliphatic heterocycles. The number of aryl methyl sites for hydroxylation is 1. The second-order valence-corrected chi connectivity index (χ2v) is 8.38. The van der Waals surface area contributed by atoms with E-state index in [1.54, 1.807) is 11.3 Å². The monoisotopic (exact) mass is 414 g/mol. The molecule has 29 heavy (non-hydrogen) atoms. The number of ether oxygens (including phenoxy) is 1. The van der Waals surface area contributed by atoms with Gasteiger partial charge in [-0.15, -0.1) is 11.3 Å². The minimum Gasteiger partial charge on any atom is -0.383 e. The van der Waals surface area contributed by atoms with Crippen molar-refractivity contribution >= 4 is 29.1 Å². The Morgan fingerprint density at radius 1 is 1.28 bits per heavy atom. The zero-order chi connectivity index (χ0) is 21.0. The van der Waals surface area contributed by atoms with Gasteiger partial charge in [0.05, 0.1) is 24.6 Å². The maximum absolute atomic E-state index is 13.4. The number of benzene rings is 1. The second-order valence-electron chi connectivity index (χ2n) is 7.40. The zero-order valence-electron chi connectivity index (χ0n) is 16.9. The number of hydrogen-bond donors (Lipinski definition) is 1. The van der Waals surface area contributed by atoms with E-state index in [-0.39, 0.29) is 49.8 Å². The van der Waals surface area contributed by atoms with Gasteiger partial charge in [-0.1, -0.05) is 30.3 Å². The molecule has 0 saturated carbocycles. The van der Waals surface area contributed by atoms with Gasteiger partial charge in [-0.2, -0.15) is 0 Å². The van der Waals surface area contributed by atoms with Crippen LogP contribution in [-0.2, 0) is 24.5 Å². The summed E-state index contributed by atoms with van der Waals surface area (Å²) in [7, 11) is 1.53. The highest BCUT2D eigenvalue weighted by atomic mass is 32.1. The van der Waals surface area contributed by atoms with E-state index >= 15 is 0 Å². The molecule has 3 rings (SSSR count). The molecule has 1 aromatic heterocycles. The third kappa shape index (κ3) is 4.26. The van der Waals surface area contributed by atoms with Gasteiger partial charge in [0.1, 0.15) is 0 Å². The molecule has 6 nitrogen and oxygen atoms in total. The summed E-state index contributed by atoms with van der Waals surface area (Å²) in [5.74, 6) is -0.842. The number of carbonyl (C=O) groups is 3. The van der Waals surface area contributed by atoms with Gasteiger partial charge in [-0.25, -0.2) is 0 Å². The van der Waals surface area contributed by atoms with E-state index in [4.69, 9.17) is 4.74 Å². The lowest BCUT2D eigenvalue weighted by Crippen LogP contribution is -2.43. The average Bonchev–Trinajstić information content (AvgIpc) is 3.29. The summed E-state index contributed by atoms with van der Waals surface area (Å²) in [6, 6.07) is 11.2. The number of nitrogens with zero attached hydrogens (tertiary/aromatic N) is 1. The van der Waals surface area contributed by atoms with E-state index in [1.165, 1.54) is 12.0 Å². The molecule has 1 saturated heterocycles. The van der Waals surface area contributed by atoms with Crippen molar-refractivity contribution in [1.82, 2.24) is 10.2 Å². The van der Waals surface area contributed by atoms with E-state index in [2.05, 4.69) is 5.32 Å². The lowest BCUT2D eigenvalue weighted by molar-refractivity contribution is -0.141. The number of amides is 3. The molecule has 2 atom stereocenters. The molecule has 2 aromatic rings. The van der Waals surface area contributed by atoms with Gasteiger partial charge in [0, 0.05) is 24.8 Å². The molecule has 1 fully saturated rings. The molecule has 2 heterocycles. The zero-order valence-corrected chi connectivity index (χ0v) is 17.8. The molecule has 0 spiro atoms. The fourth-order valence-corrected chi connectivity index (χ4v) is 4.67. The van der Waals surface area contributed by atoms with E-state index in [0.717, 1.165) is 16.0 Å². The van der Waals surface area contributed by atoms with Crippen LogP contribution in [0.2, 0.25) is 0 Å². The number of rotatable bonds is 8. The van der Waals surface area contributed by atoms with Crippen molar-refractivity contribution in [2.45, 2.75) is 38.1 Å². The van der Waals surface area contributed by atoms with E-state index < -0.39 is 5.41 Å². The Balaban J connectivity index is 1.90. The van der Waals surface area contributed by atoms with Gasteiger partial charge in [0.25, 0.3) is 0 Å². The second kappa shape index (κ2) is 8.88. The predicted octanol–water partition coefficient (Wildman–Crippen LogP) is 2.97. The van der Waals surface area contributed by atoms with Gasteiger partial charge >= 0.3 is 0 Å². The van der Waals surface area contributed by atoms with Crippen molar-refractivity contribution in [3.05, 3.63) is 57.8 Å². The molecule has 0 radical (unpaired) electrons. The van der Waals surface area contributed by atoms with Gasteiger partial charge in [0.15, 0.2) is 0 Å². The Morgan fingerprint density at radius 2 is 2.03 bits per heavy atom. The SMILES string of the molecule is COCCN1C(=O)C[C@@](CC(=O)N[C@H](C)c2cccs2)(c2ccccc2C)C1=O. The largest absolute Gasteiger partial charge is 0.383 e. The minimum atomic E-state index is -1.19. The topological polar surface area (TPSA) is 75.7 Å². The maximum atomic E-state index is 13.4. The lowest BCUT2D eigenvalue weighted by atomic mass is 9.74. The fourth-order valence-electron chi connectivity index (χ4n) is 3.94. The first-order valence-corrected chi connectivity index (χ1v) is 10.5. The highest BCUT2D eigenvalue weighted by Gasteiger charge is 2.54. The smallest absolute Gasteiger partial charge is 0.240 e. The molecule has 3 amide bonds. The number of hydrogen-bond acceptors (Lipinski definition) is 5. The Bertz CT molecular complexity index is 896. The van der Waals surface area contributed by atoms with Crippen LogP contribution in [0.4, 0.5) is 0 Å². The maximum Gasteiger partial charge on any atom is 0.240 e. The van der Waals surface area contributed by atoms with Gasteiger partial charge < -0.3 is 10.1 Å². The minimum absolute atomic E-state index is 0.0127. The summed E-state index contributed by atoms with van der Waals surface area (Å²) in [4.78, 5) is 41.3. The summed E-state index contributed by atoms with van der Waals surface area (Å²) in [5, 5.41) is 4.94. The summed E-state index contributed by atoms with van der Waals surface area (Å²) in [6.45, 7) is 4.27. The Kier molecular flexibility index (Phi) is 6.49. The predicted molar refractivity (Wildman–Crippen MR) is 112 cm³/mol. The summed E-state index contributed by atoms with van der Waals surface area (Å²) in [6.07, 6.45) is -0.0805. The summed E-state index contributed by atoms with van der Waals surface area (Å²) >= 11 is 1.57. The molecule has 0 aliphatic carbocycles. The normalized spacial score (nSPS) is 20.2. The third-order valence-corrected chi connectivity index (χ3v) is 6.45. The summed E-state index contributed by atoms with van der Waals surface area (Å²) < 4.78 is 5.05. The number of carbonyl (C=O) groups excluding carboxylic acids is 3. The van der Waals surface area contributed by atoms with Gasteiger partial charge in [-0.05, 0) is 36.4 Å². The Hall–Kier alpha value is -2.51. The van der Waals surface area contributed by atoms with Crippen molar-refractivity contribution in [2.75, 3.05) is 20.3 Å². The van der Waals surface area contributed by atoms with Crippen LogP contribution in [-0.4, -0.2) is 42.9 Å². The van der Waals surface area contributed by atoms with Crippen LogP contribution in [0.1, 0.15) is 41.8 Å². The van der Waals surface area contributed by atoms with Crippen LogP contribution >= 0.6 is 11.3 Å². The first-order valence-electron chi connectivity index (χ1n) is 9.61. The molecule has 1 aromatic carbocycles. The average molecular weight is 415 g/mol. The molecule has 1 aliphatic rings. The highest BCUT2D eigenvalue weighted by molar-refractivity contribution is 7.10. The number of thiophene rings is 1. The van der Waals surface area contributed by atoms with Gasteiger partial charge in [0.2, 0.25) is 17.7 Å². The first kappa shape index (κ1) is 21.2. The Labute approximate surface area is 174 Å². The standard InChI is InChI=1S/C22H26N2O4S/c1-15-7-4-5-8-17(15)22(14-20(26)24(21(22)27)10-11-28-3)13-19(25)23-16(2)18-9-6-12-29-18/h4-9,12,16H,10-11,13-14H2,1-3H3,(H,23,25)/t16-,22+/m1/s1. The Morgan fingerprint density at radius 3 is 2.69 bits per heavy atom. The van der Waals surface area contributed by atoms with E-state index in [9.17, 15) is 14.4 Å². The van der Waals surface area contributed by atoms with Gasteiger partial charge in [-0.3, -0.25) is 19.3 Å². The van der Waals surface area contributed by atoms with Crippen molar-refractivity contribution in [1.29, 1.82) is 0 Å². The number of methoxy groups -OCH3 is 1. The first-order chi connectivity index (χ1) is 13.9. The van der Waals surface area contributed by atoms with Crippen molar-refractivity contribution in [2.24, 2.45) is 0 Å². The number of nitrogens with one attached hydrogen (secondary N) is 1. The fraction of sp³-hybridized carbons (Fsp3) is 0.409. The van der Waals surface area contributed by atoms with Crippen molar-refractivity contribution < 1.29 is 19.1 Å². The van der Waals surface area contributed by atoms with Crippen LogP contribution in [0.5, 0.6) is 0 Å². The molecule has 0 unspecified atom stereocenters. The van der Waals surface area contributed by atoms with Crippen LogP contribution < -0.4 is 5.32 Å².